The zero-order valence-corrected chi connectivity index (χ0v) is 20.3. The van der Waals surface area contributed by atoms with Gasteiger partial charge >= 0.3 is 5.97 Å². The Balaban J connectivity index is 1.38. The van der Waals surface area contributed by atoms with Crippen molar-refractivity contribution in [3.05, 3.63) is 59.5 Å². The summed E-state index contributed by atoms with van der Waals surface area (Å²) >= 11 is 1.73. The minimum absolute atomic E-state index is 0.107. The van der Waals surface area contributed by atoms with Gasteiger partial charge in [0.2, 0.25) is 0 Å². The van der Waals surface area contributed by atoms with Gasteiger partial charge in [0, 0.05) is 36.7 Å². The van der Waals surface area contributed by atoms with Crippen molar-refractivity contribution in [2.75, 3.05) is 26.3 Å². The molecule has 34 heavy (non-hydrogen) atoms. The highest BCUT2D eigenvalue weighted by atomic mass is 32.1. The molecular formula is C27H33NO5S. The fraction of sp³-hybridized carbons (Fsp3) is 0.481. The number of hydrogen-bond donors (Lipinski definition) is 1. The zero-order valence-electron chi connectivity index (χ0n) is 19.4. The molecule has 1 aromatic heterocycles. The van der Waals surface area contributed by atoms with Crippen LogP contribution in [0.15, 0.2) is 53.9 Å². The number of nitrogens with zero attached hydrogens (tertiary/aromatic N) is 1. The van der Waals surface area contributed by atoms with Crippen molar-refractivity contribution in [1.82, 2.24) is 4.90 Å². The van der Waals surface area contributed by atoms with E-state index in [0.29, 0.717) is 32.7 Å². The molecule has 2 aromatic rings. The number of carbonyl (C=O) groups is 2. The summed E-state index contributed by atoms with van der Waals surface area (Å²) in [4.78, 5) is 27.3. The molecule has 1 aliphatic heterocycles. The number of carbonyl (C=O) groups excluding carboxylic acids is 1. The third kappa shape index (κ3) is 6.63. The molecule has 3 atom stereocenters. The van der Waals surface area contributed by atoms with Crippen molar-refractivity contribution in [3.8, 4) is 10.4 Å². The average Bonchev–Trinajstić information content (AvgIpc) is 3.49. The van der Waals surface area contributed by atoms with Crippen LogP contribution in [0, 0.1) is 5.92 Å². The Labute approximate surface area is 205 Å². The normalized spacial score (nSPS) is 23.6. The van der Waals surface area contributed by atoms with Gasteiger partial charge in [0.1, 0.15) is 0 Å². The van der Waals surface area contributed by atoms with Gasteiger partial charge in [-0.25, -0.2) is 0 Å². The molecule has 0 unspecified atom stereocenters. The van der Waals surface area contributed by atoms with E-state index in [4.69, 9.17) is 14.6 Å². The van der Waals surface area contributed by atoms with Gasteiger partial charge in [-0.2, -0.15) is 0 Å². The van der Waals surface area contributed by atoms with E-state index >= 15 is 0 Å². The van der Waals surface area contributed by atoms with Gasteiger partial charge in [0.15, 0.2) is 5.78 Å². The van der Waals surface area contributed by atoms with Crippen LogP contribution in [0.5, 0.6) is 0 Å². The number of carboxylic acids is 1. The van der Waals surface area contributed by atoms with E-state index in [1.165, 1.54) is 10.4 Å². The second kappa shape index (κ2) is 12.4. The first-order valence-electron chi connectivity index (χ1n) is 12.1. The highest BCUT2D eigenvalue weighted by Crippen LogP contribution is 2.35. The van der Waals surface area contributed by atoms with Gasteiger partial charge in [0.05, 0.1) is 32.0 Å². The Morgan fingerprint density at radius 3 is 2.62 bits per heavy atom. The molecule has 1 N–H and O–H groups in total. The number of thiophene rings is 1. The van der Waals surface area contributed by atoms with E-state index in [-0.39, 0.29) is 30.3 Å². The third-order valence-electron chi connectivity index (χ3n) is 6.64. The number of ketones is 1. The standard InChI is InChI=1S/C27H33NO5S/c29-23-18-24(33-19-20-9-11-21(12-10-20)25-7-5-17-34-25)22(6-3-1-2-4-8-26(30)31)27(23)28-13-15-32-16-14-28/h1-2,5,7,9-12,17,22,24,27H,3-4,6,8,13-16,18-19H2,(H,30,31)/t22-,24-,27+/m0/s1. The predicted octanol–water partition coefficient (Wildman–Crippen LogP) is 4.79. The van der Waals surface area contributed by atoms with E-state index in [0.717, 1.165) is 31.5 Å². The maximum Gasteiger partial charge on any atom is 0.303 e. The molecule has 1 aromatic carbocycles. The van der Waals surface area contributed by atoms with E-state index in [1.807, 2.05) is 12.2 Å². The van der Waals surface area contributed by atoms with Crippen molar-refractivity contribution in [3.63, 3.8) is 0 Å². The smallest absolute Gasteiger partial charge is 0.303 e. The van der Waals surface area contributed by atoms with Crippen LogP contribution in [-0.4, -0.2) is 60.2 Å². The molecule has 0 bridgehead atoms. The summed E-state index contributed by atoms with van der Waals surface area (Å²) in [5.74, 6) is -0.393. The van der Waals surface area contributed by atoms with Crippen LogP contribution in [-0.2, 0) is 25.7 Å². The lowest BCUT2D eigenvalue weighted by Crippen LogP contribution is -2.49. The number of rotatable bonds is 11. The maximum absolute atomic E-state index is 13.0. The molecule has 1 saturated heterocycles. The van der Waals surface area contributed by atoms with E-state index in [9.17, 15) is 9.59 Å². The summed E-state index contributed by atoms with van der Waals surface area (Å²) in [5.41, 5.74) is 2.31. The predicted molar refractivity (Wildman–Crippen MR) is 133 cm³/mol. The van der Waals surface area contributed by atoms with Crippen LogP contribution in [0.1, 0.15) is 37.7 Å². The van der Waals surface area contributed by atoms with Crippen LogP contribution in [0.25, 0.3) is 10.4 Å². The lowest BCUT2D eigenvalue weighted by Gasteiger charge is -2.35. The lowest BCUT2D eigenvalue weighted by atomic mass is 9.93. The molecule has 1 saturated carbocycles. The molecule has 0 amide bonds. The van der Waals surface area contributed by atoms with Gasteiger partial charge in [-0.05, 0) is 41.8 Å². The van der Waals surface area contributed by atoms with Crippen LogP contribution in [0.2, 0.25) is 0 Å². The fourth-order valence-electron chi connectivity index (χ4n) is 4.91. The minimum Gasteiger partial charge on any atom is -0.481 e. The van der Waals surface area contributed by atoms with Gasteiger partial charge in [-0.3, -0.25) is 14.5 Å². The maximum atomic E-state index is 13.0. The van der Waals surface area contributed by atoms with Gasteiger partial charge in [-0.1, -0.05) is 42.5 Å². The van der Waals surface area contributed by atoms with Crippen LogP contribution in [0.3, 0.4) is 0 Å². The molecule has 2 fully saturated rings. The first-order valence-corrected chi connectivity index (χ1v) is 13.0. The highest BCUT2D eigenvalue weighted by molar-refractivity contribution is 7.13. The van der Waals surface area contributed by atoms with Crippen molar-refractivity contribution >= 4 is 23.1 Å². The largest absolute Gasteiger partial charge is 0.481 e. The van der Waals surface area contributed by atoms with Gasteiger partial charge in [-0.15, -0.1) is 11.3 Å². The molecule has 6 nitrogen and oxygen atoms in total. The molecule has 182 valence electrons. The molecule has 0 spiro atoms. The molecule has 2 heterocycles. The topological polar surface area (TPSA) is 76.1 Å². The Morgan fingerprint density at radius 2 is 1.91 bits per heavy atom. The number of hydrogen-bond acceptors (Lipinski definition) is 6. The molecule has 0 radical (unpaired) electrons. The number of Topliss-reactive ketones (excluding diaryl/α,β-unsaturated/α-hetero) is 1. The molecule has 2 aliphatic rings. The van der Waals surface area contributed by atoms with Crippen molar-refractivity contribution < 1.29 is 24.2 Å². The number of morpholine rings is 1. The fourth-order valence-corrected chi connectivity index (χ4v) is 5.64. The molecule has 4 rings (SSSR count). The molecule has 7 heteroatoms. The van der Waals surface area contributed by atoms with Gasteiger partial charge in [0.25, 0.3) is 0 Å². The van der Waals surface area contributed by atoms with Crippen molar-refractivity contribution in [2.45, 2.75) is 50.9 Å². The second-order valence-electron chi connectivity index (χ2n) is 8.93. The summed E-state index contributed by atoms with van der Waals surface area (Å²) in [6.45, 7) is 3.36. The number of allylic oxidation sites excluding steroid dienone is 2. The number of ether oxygens (including phenoxy) is 2. The average molecular weight is 484 g/mol. The van der Waals surface area contributed by atoms with E-state index in [2.05, 4.69) is 46.7 Å². The monoisotopic (exact) mass is 483 g/mol. The van der Waals surface area contributed by atoms with Crippen LogP contribution < -0.4 is 0 Å². The summed E-state index contributed by atoms with van der Waals surface area (Å²) in [6, 6.07) is 12.5. The SMILES string of the molecule is O=C(O)CCC=CCC[C@H]1[C@@H](OCc2ccc(-c3cccs3)cc2)CC(=O)[C@@H]1N1CCOCC1. The van der Waals surface area contributed by atoms with Crippen LogP contribution >= 0.6 is 11.3 Å². The third-order valence-corrected chi connectivity index (χ3v) is 7.56. The summed E-state index contributed by atoms with van der Waals surface area (Å²) in [7, 11) is 0. The molecular weight excluding hydrogens is 450 g/mol. The zero-order chi connectivity index (χ0) is 23.8. The van der Waals surface area contributed by atoms with Crippen molar-refractivity contribution in [2.24, 2.45) is 5.92 Å². The van der Waals surface area contributed by atoms with Crippen molar-refractivity contribution in [1.29, 1.82) is 0 Å². The number of carboxylic acid groups (broad SMARTS) is 1. The summed E-state index contributed by atoms with van der Waals surface area (Å²) in [6.07, 6.45) is 6.65. The van der Waals surface area contributed by atoms with Gasteiger partial charge < -0.3 is 14.6 Å². The molecule has 1 aliphatic carbocycles. The Bertz CT molecular complexity index is 950. The minimum atomic E-state index is -0.782. The van der Waals surface area contributed by atoms with E-state index in [1.54, 1.807) is 11.3 Å². The first-order chi connectivity index (χ1) is 16.6. The lowest BCUT2D eigenvalue weighted by molar-refractivity contribution is -0.136. The number of benzene rings is 1. The van der Waals surface area contributed by atoms with Crippen LogP contribution in [0.4, 0.5) is 0 Å². The Kier molecular flexibility index (Phi) is 9.04. The quantitative estimate of drug-likeness (QED) is 0.463. The summed E-state index contributed by atoms with van der Waals surface area (Å²) < 4.78 is 11.9. The highest BCUT2D eigenvalue weighted by Gasteiger charge is 2.45. The summed E-state index contributed by atoms with van der Waals surface area (Å²) in [5, 5.41) is 10.9. The second-order valence-corrected chi connectivity index (χ2v) is 9.88. The first kappa shape index (κ1) is 24.8. The Morgan fingerprint density at radius 1 is 1.15 bits per heavy atom. The van der Waals surface area contributed by atoms with E-state index < -0.39 is 5.97 Å². The number of aliphatic carboxylic acids is 1. The Hall–Kier alpha value is -2.32.